The lowest BCUT2D eigenvalue weighted by molar-refractivity contribution is 0.237. The largest absolute Gasteiger partial charge is 0.384 e. The lowest BCUT2D eigenvalue weighted by Gasteiger charge is -2.24. The van der Waals surface area contributed by atoms with Gasteiger partial charge in [-0.2, -0.15) is 0 Å². The van der Waals surface area contributed by atoms with Crippen LogP contribution in [0.15, 0.2) is 18.2 Å². The van der Waals surface area contributed by atoms with E-state index in [0.29, 0.717) is 11.6 Å². The minimum absolute atomic E-state index is 0.201. The molecule has 3 heteroatoms. The molecule has 1 aliphatic rings. The summed E-state index contributed by atoms with van der Waals surface area (Å²) in [5.41, 5.74) is 1.57. The highest BCUT2D eigenvalue weighted by Gasteiger charge is 2.19. The Balaban J connectivity index is 2.08. The molecule has 0 amide bonds. The molecule has 0 unspecified atom stereocenters. The highest BCUT2D eigenvalue weighted by molar-refractivity contribution is 5.37. The second-order valence-electron chi connectivity index (χ2n) is 5.16. The Kier molecular flexibility index (Phi) is 4.95. The number of aliphatic hydroxyl groups is 1. The van der Waals surface area contributed by atoms with Crippen LogP contribution in [0.5, 0.6) is 0 Å². The average molecular weight is 261 g/mol. The summed E-state index contributed by atoms with van der Waals surface area (Å²) in [7, 11) is 2.10. The Morgan fingerprint density at radius 3 is 2.74 bits per heavy atom. The summed E-state index contributed by atoms with van der Waals surface area (Å²) >= 11 is 0. The fraction of sp³-hybridized carbons (Fsp3) is 0.500. The summed E-state index contributed by atoms with van der Waals surface area (Å²) in [4.78, 5) is 2.30. The predicted octanol–water partition coefficient (Wildman–Crippen LogP) is 2.54. The van der Waals surface area contributed by atoms with E-state index in [1.54, 1.807) is 6.07 Å². The van der Waals surface area contributed by atoms with E-state index < -0.39 is 0 Å². The fourth-order valence-corrected chi connectivity index (χ4v) is 2.72. The van der Waals surface area contributed by atoms with Crippen molar-refractivity contribution in [3.8, 4) is 11.8 Å². The fourth-order valence-electron chi connectivity index (χ4n) is 2.72. The van der Waals surface area contributed by atoms with Crippen molar-refractivity contribution in [1.29, 1.82) is 0 Å². The summed E-state index contributed by atoms with van der Waals surface area (Å²) in [6.45, 7) is 0.546. The highest BCUT2D eigenvalue weighted by Crippen LogP contribution is 2.24. The SMILES string of the molecule is CN(Cc1cc(F)cc(C#CCO)c1)C1CCCC1. The van der Waals surface area contributed by atoms with Gasteiger partial charge in [0, 0.05) is 18.2 Å². The molecular weight excluding hydrogens is 241 g/mol. The van der Waals surface area contributed by atoms with Gasteiger partial charge in [-0.05, 0) is 43.7 Å². The number of aliphatic hydroxyl groups excluding tert-OH is 1. The van der Waals surface area contributed by atoms with E-state index in [1.165, 1.54) is 31.7 Å². The van der Waals surface area contributed by atoms with E-state index in [2.05, 4.69) is 23.8 Å². The first kappa shape index (κ1) is 14.0. The second-order valence-corrected chi connectivity index (χ2v) is 5.16. The minimum atomic E-state index is -0.264. The van der Waals surface area contributed by atoms with Crippen molar-refractivity contribution in [2.75, 3.05) is 13.7 Å². The smallest absolute Gasteiger partial charge is 0.124 e. The molecule has 1 aliphatic carbocycles. The topological polar surface area (TPSA) is 23.5 Å². The van der Waals surface area contributed by atoms with Gasteiger partial charge in [-0.15, -0.1) is 0 Å². The molecule has 1 N–H and O–H groups in total. The molecule has 0 heterocycles. The minimum Gasteiger partial charge on any atom is -0.384 e. The van der Waals surface area contributed by atoms with Gasteiger partial charge in [-0.25, -0.2) is 4.39 Å². The van der Waals surface area contributed by atoms with Gasteiger partial charge in [0.05, 0.1) is 0 Å². The molecule has 1 fully saturated rings. The second kappa shape index (κ2) is 6.70. The third-order valence-corrected chi connectivity index (χ3v) is 3.65. The van der Waals surface area contributed by atoms with E-state index in [1.807, 2.05) is 6.07 Å². The quantitative estimate of drug-likeness (QED) is 0.845. The van der Waals surface area contributed by atoms with Crippen molar-refractivity contribution in [3.05, 3.63) is 35.1 Å². The third kappa shape index (κ3) is 4.05. The summed E-state index contributed by atoms with van der Waals surface area (Å²) in [6, 6.07) is 5.49. The molecule has 2 nitrogen and oxygen atoms in total. The lowest BCUT2D eigenvalue weighted by atomic mass is 10.1. The number of benzene rings is 1. The van der Waals surface area contributed by atoms with Gasteiger partial charge in [0.1, 0.15) is 12.4 Å². The van der Waals surface area contributed by atoms with Crippen LogP contribution in [0.2, 0.25) is 0 Å². The molecular formula is C16H20FNO. The maximum atomic E-state index is 13.5. The van der Waals surface area contributed by atoms with Crippen molar-refractivity contribution < 1.29 is 9.50 Å². The Morgan fingerprint density at radius 2 is 2.05 bits per heavy atom. The summed E-state index contributed by atoms with van der Waals surface area (Å²) in [6.07, 6.45) is 5.07. The first-order valence-electron chi connectivity index (χ1n) is 6.78. The van der Waals surface area contributed by atoms with Crippen LogP contribution in [0.3, 0.4) is 0 Å². The molecule has 19 heavy (non-hydrogen) atoms. The number of nitrogens with zero attached hydrogens (tertiary/aromatic N) is 1. The van der Waals surface area contributed by atoms with Gasteiger partial charge in [0.2, 0.25) is 0 Å². The van der Waals surface area contributed by atoms with Gasteiger partial charge >= 0.3 is 0 Å². The third-order valence-electron chi connectivity index (χ3n) is 3.65. The monoisotopic (exact) mass is 261 g/mol. The van der Waals surface area contributed by atoms with Crippen molar-refractivity contribution in [3.63, 3.8) is 0 Å². The van der Waals surface area contributed by atoms with Gasteiger partial charge in [-0.1, -0.05) is 24.7 Å². The maximum Gasteiger partial charge on any atom is 0.124 e. The standard InChI is InChI=1S/C16H20FNO/c1-18(16-6-2-3-7-16)12-14-9-13(5-4-8-19)10-15(17)11-14/h9-11,16,19H,2-3,6-8,12H2,1H3. The predicted molar refractivity (Wildman–Crippen MR) is 74.1 cm³/mol. The van der Waals surface area contributed by atoms with Crippen LogP contribution in [-0.4, -0.2) is 29.7 Å². The number of halogens is 1. The van der Waals surface area contributed by atoms with E-state index in [4.69, 9.17) is 5.11 Å². The van der Waals surface area contributed by atoms with Gasteiger partial charge in [-0.3, -0.25) is 4.90 Å². The number of rotatable bonds is 3. The van der Waals surface area contributed by atoms with E-state index >= 15 is 0 Å². The van der Waals surface area contributed by atoms with Gasteiger partial charge in [0.25, 0.3) is 0 Å². The summed E-state index contributed by atoms with van der Waals surface area (Å²) in [5, 5.41) is 8.68. The normalized spacial score (nSPS) is 15.6. The Morgan fingerprint density at radius 1 is 1.32 bits per heavy atom. The first-order chi connectivity index (χ1) is 9.19. The molecule has 1 aromatic carbocycles. The lowest BCUT2D eigenvalue weighted by Crippen LogP contribution is -2.28. The van der Waals surface area contributed by atoms with Crippen LogP contribution in [0, 0.1) is 17.7 Å². The zero-order valence-corrected chi connectivity index (χ0v) is 11.3. The average Bonchev–Trinajstić information content (AvgIpc) is 2.89. The van der Waals surface area contributed by atoms with Crippen LogP contribution in [0.4, 0.5) is 4.39 Å². The molecule has 0 saturated heterocycles. The Labute approximate surface area is 114 Å². The Hall–Kier alpha value is -1.37. The number of hydrogen-bond donors (Lipinski definition) is 1. The van der Waals surface area contributed by atoms with Gasteiger partial charge in [0.15, 0.2) is 0 Å². The molecule has 1 saturated carbocycles. The number of hydrogen-bond acceptors (Lipinski definition) is 2. The molecule has 0 aliphatic heterocycles. The van der Waals surface area contributed by atoms with Crippen LogP contribution in [0.1, 0.15) is 36.8 Å². The molecule has 0 aromatic heterocycles. The molecule has 102 valence electrons. The molecule has 1 aromatic rings. The van der Waals surface area contributed by atoms with Crippen LogP contribution < -0.4 is 0 Å². The Bertz CT molecular complexity index is 483. The highest BCUT2D eigenvalue weighted by atomic mass is 19.1. The molecule has 0 bridgehead atoms. The van der Waals surface area contributed by atoms with E-state index in [9.17, 15) is 4.39 Å². The van der Waals surface area contributed by atoms with Crippen molar-refractivity contribution >= 4 is 0 Å². The van der Waals surface area contributed by atoms with Crippen LogP contribution in [0.25, 0.3) is 0 Å². The van der Waals surface area contributed by atoms with Gasteiger partial charge < -0.3 is 5.11 Å². The van der Waals surface area contributed by atoms with Crippen molar-refractivity contribution in [1.82, 2.24) is 4.90 Å². The maximum absolute atomic E-state index is 13.5. The molecule has 0 spiro atoms. The zero-order valence-electron chi connectivity index (χ0n) is 11.3. The zero-order chi connectivity index (χ0) is 13.7. The van der Waals surface area contributed by atoms with Crippen LogP contribution >= 0.6 is 0 Å². The summed E-state index contributed by atoms with van der Waals surface area (Å²) < 4.78 is 13.5. The van der Waals surface area contributed by atoms with Crippen molar-refractivity contribution in [2.24, 2.45) is 0 Å². The van der Waals surface area contributed by atoms with Crippen molar-refractivity contribution in [2.45, 2.75) is 38.3 Å². The van der Waals surface area contributed by atoms with Crippen LogP contribution in [-0.2, 0) is 6.54 Å². The van der Waals surface area contributed by atoms with E-state index in [0.717, 1.165) is 12.1 Å². The first-order valence-corrected chi connectivity index (χ1v) is 6.78. The molecule has 0 radical (unpaired) electrons. The summed E-state index contributed by atoms with van der Waals surface area (Å²) in [5.74, 6) is 5.05. The van der Waals surface area contributed by atoms with E-state index in [-0.39, 0.29) is 12.4 Å². The molecule has 0 atom stereocenters. The molecule has 2 rings (SSSR count).